The predicted molar refractivity (Wildman–Crippen MR) is 71.5 cm³/mol. The summed E-state index contributed by atoms with van der Waals surface area (Å²) in [6.45, 7) is 1.99. The molecule has 0 radical (unpaired) electrons. The van der Waals surface area contributed by atoms with E-state index in [1.165, 1.54) is 0 Å². The Balaban J connectivity index is 2.22. The van der Waals surface area contributed by atoms with Gasteiger partial charge >= 0.3 is 0 Å². The average molecular weight is 252 g/mol. The lowest BCUT2D eigenvalue weighted by Crippen LogP contribution is -1.99. The Morgan fingerprint density at radius 3 is 2.58 bits per heavy atom. The largest absolute Gasteiger partial charge is 0.397 e. The van der Waals surface area contributed by atoms with E-state index < -0.39 is 0 Å². The van der Waals surface area contributed by atoms with Crippen LogP contribution in [0, 0.1) is 6.92 Å². The maximum atomic E-state index is 5.79. The first-order valence-corrected chi connectivity index (χ1v) is 5.76. The normalized spacial score (nSPS) is 10.6. The molecule has 19 heavy (non-hydrogen) atoms. The Morgan fingerprint density at radius 2 is 1.84 bits per heavy atom. The van der Waals surface area contributed by atoms with Crippen molar-refractivity contribution in [3.8, 4) is 16.9 Å². The molecule has 0 spiro atoms. The van der Waals surface area contributed by atoms with Gasteiger partial charge < -0.3 is 5.73 Å². The second-order valence-corrected chi connectivity index (χ2v) is 4.26. The van der Waals surface area contributed by atoms with Crippen molar-refractivity contribution in [3.05, 3.63) is 48.9 Å². The van der Waals surface area contributed by atoms with Gasteiger partial charge in [0.25, 0.3) is 0 Å². The van der Waals surface area contributed by atoms with Crippen LogP contribution >= 0.6 is 0 Å². The average Bonchev–Trinajstić information content (AvgIpc) is 2.92. The highest BCUT2D eigenvalue weighted by Gasteiger charge is 2.10. The molecule has 94 valence electrons. The number of pyridine rings is 2. The van der Waals surface area contributed by atoms with Gasteiger partial charge in [-0.25, -0.2) is 4.98 Å². The van der Waals surface area contributed by atoms with E-state index in [1.54, 1.807) is 35.8 Å². The third-order valence-electron chi connectivity index (χ3n) is 2.74. The van der Waals surface area contributed by atoms with Crippen molar-refractivity contribution >= 4 is 5.69 Å². The number of aromatic nitrogens is 5. The minimum Gasteiger partial charge on any atom is -0.397 e. The molecule has 0 unspecified atom stereocenters. The van der Waals surface area contributed by atoms with E-state index in [4.69, 9.17) is 5.73 Å². The van der Waals surface area contributed by atoms with Crippen molar-refractivity contribution in [1.29, 1.82) is 0 Å². The van der Waals surface area contributed by atoms with Crippen LogP contribution in [0.25, 0.3) is 16.9 Å². The van der Waals surface area contributed by atoms with Crippen LogP contribution in [0.3, 0.4) is 0 Å². The van der Waals surface area contributed by atoms with Crippen LogP contribution in [0.5, 0.6) is 0 Å². The lowest BCUT2D eigenvalue weighted by atomic mass is 10.1. The summed E-state index contributed by atoms with van der Waals surface area (Å²) in [5.74, 6) is 0.753. The first-order chi connectivity index (χ1) is 9.24. The number of nitrogen functional groups attached to an aromatic ring is 1. The number of nitrogens with two attached hydrogens (primary N) is 1. The van der Waals surface area contributed by atoms with Crippen molar-refractivity contribution in [2.75, 3.05) is 5.73 Å². The third kappa shape index (κ3) is 2.15. The second kappa shape index (κ2) is 4.49. The molecule has 0 atom stereocenters. The van der Waals surface area contributed by atoms with Gasteiger partial charge in [0.2, 0.25) is 0 Å². The number of anilines is 1. The van der Waals surface area contributed by atoms with E-state index in [0.29, 0.717) is 5.69 Å². The molecule has 6 heteroatoms. The van der Waals surface area contributed by atoms with Crippen molar-refractivity contribution in [2.45, 2.75) is 6.92 Å². The Labute approximate surface area is 110 Å². The number of nitrogens with zero attached hydrogens (tertiary/aromatic N) is 5. The standard InChI is InChI=1S/C13H12N6/c1-9-2-12(10-3-11(14)6-15-5-10)13(16-4-9)19-7-17-18-8-19/h2-8H,14H2,1H3. The van der Waals surface area contributed by atoms with Gasteiger partial charge in [0.1, 0.15) is 18.5 Å². The van der Waals surface area contributed by atoms with Crippen LogP contribution in [-0.2, 0) is 0 Å². The maximum absolute atomic E-state index is 5.79. The Morgan fingerprint density at radius 1 is 1.05 bits per heavy atom. The van der Waals surface area contributed by atoms with Gasteiger partial charge in [-0.3, -0.25) is 9.55 Å². The van der Waals surface area contributed by atoms with Crippen LogP contribution in [0.1, 0.15) is 5.56 Å². The SMILES string of the molecule is Cc1cnc(-n2cnnc2)c(-c2cncc(N)c2)c1. The topological polar surface area (TPSA) is 82.5 Å². The maximum Gasteiger partial charge on any atom is 0.147 e. The fourth-order valence-corrected chi connectivity index (χ4v) is 1.90. The van der Waals surface area contributed by atoms with E-state index in [-0.39, 0.29) is 0 Å². The highest BCUT2D eigenvalue weighted by Crippen LogP contribution is 2.26. The molecule has 0 aliphatic rings. The van der Waals surface area contributed by atoms with Crippen LogP contribution in [0.4, 0.5) is 5.69 Å². The zero-order valence-electron chi connectivity index (χ0n) is 10.4. The summed E-state index contributed by atoms with van der Waals surface area (Å²) in [5.41, 5.74) is 9.33. The van der Waals surface area contributed by atoms with E-state index in [1.807, 2.05) is 19.1 Å². The molecule has 0 saturated carbocycles. The van der Waals surface area contributed by atoms with E-state index in [2.05, 4.69) is 20.2 Å². The highest BCUT2D eigenvalue weighted by molar-refractivity contribution is 5.72. The van der Waals surface area contributed by atoms with Crippen LogP contribution in [-0.4, -0.2) is 24.7 Å². The van der Waals surface area contributed by atoms with Crippen LogP contribution < -0.4 is 5.73 Å². The van der Waals surface area contributed by atoms with Gasteiger partial charge in [-0.05, 0) is 24.6 Å². The van der Waals surface area contributed by atoms with Crippen LogP contribution in [0.2, 0.25) is 0 Å². The summed E-state index contributed by atoms with van der Waals surface area (Å²) in [5, 5.41) is 7.61. The molecule has 3 aromatic rings. The molecule has 0 bridgehead atoms. The van der Waals surface area contributed by atoms with Crippen LogP contribution in [0.15, 0.2) is 43.4 Å². The van der Waals surface area contributed by atoms with Crippen molar-refractivity contribution in [3.63, 3.8) is 0 Å². The molecule has 0 aromatic carbocycles. The predicted octanol–water partition coefficient (Wildman–Crippen LogP) is 1.61. The molecule has 0 aliphatic heterocycles. The first kappa shape index (κ1) is 11.3. The summed E-state index contributed by atoms with van der Waals surface area (Å²) in [6.07, 6.45) is 8.41. The van der Waals surface area contributed by atoms with Crippen molar-refractivity contribution in [2.24, 2.45) is 0 Å². The van der Waals surface area contributed by atoms with E-state index >= 15 is 0 Å². The zero-order valence-corrected chi connectivity index (χ0v) is 10.4. The molecular formula is C13H12N6. The molecule has 3 heterocycles. The van der Waals surface area contributed by atoms with Gasteiger partial charge in [-0.2, -0.15) is 0 Å². The summed E-state index contributed by atoms with van der Waals surface area (Å²) in [4.78, 5) is 8.56. The minimum atomic E-state index is 0.619. The second-order valence-electron chi connectivity index (χ2n) is 4.26. The molecule has 0 amide bonds. The number of rotatable bonds is 2. The summed E-state index contributed by atoms with van der Waals surface area (Å²) >= 11 is 0. The van der Waals surface area contributed by atoms with E-state index in [0.717, 1.165) is 22.5 Å². The Hall–Kier alpha value is -2.76. The fraction of sp³-hybridized carbons (Fsp3) is 0.0769. The van der Waals surface area contributed by atoms with Gasteiger partial charge in [-0.15, -0.1) is 10.2 Å². The highest BCUT2D eigenvalue weighted by atomic mass is 15.2. The zero-order chi connectivity index (χ0) is 13.2. The monoisotopic (exact) mass is 252 g/mol. The molecule has 0 saturated heterocycles. The molecule has 0 aliphatic carbocycles. The Bertz CT molecular complexity index is 705. The van der Waals surface area contributed by atoms with Crippen molar-refractivity contribution < 1.29 is 0 Å². The summed E-state index contributed by atoms with van der Waals surface area (Å²) in [7, 11) is 0. The molecular weight excluding hydrogens is 240 g/mol. The quantitative estimate of drug-likeness (QED) is 0.749. The number of hydrogen-bond acceptors (Lipinski definition) is 5. The molecule has 0 fully saturated rings. The van der Waals surface area contributed by atoms with Gasteiger partial charge in [0.05, 0.1) is 5.69 Å². The third-order valence-corrected chi connectivity index (χ3v) is 2.74. The molecule has 2 N–H and O–H groups in total. The first-order valence-electron chi connectivity index (χ1n) is 5.76. The molecule has 3 aromatic heterocycles. The molecule has 3 rings (SSSR count). The minimum absolute atomic E-state index is 0.619. The summed E-state index contributed by atoms with van der Waals surface area (Å²) < 4.78 is 1.76. The summed E-state index contributed by atoms with van der Waals surface area (Å²) in [6, 6.07) is 3.91. The number of aryl methyl sites for hydroxylation is 1. The fourth-order valence-electron chi connectivity index (χ4n) is 1.90. The van der Waals surface area contributed by atoms with Gasteiger partial charge in [-0.1, -0.05) is 0 Å². The van der Waals surface area contributed by atoms with Gasteiger partial charge in [0, 0.05) is 29.7 Å². The Kier molecular flexibility index (Phi) is 2.68. The molecule has 6 nitrogen and oxygen atoms in total. The van der Waals surface area contributed by atoms with Gasteiger partial charge in [0.15, 0.2) is 0 Å². The lowest BCUT2D eigenvalue weighted by molar-refractivity contribution is 0.988. The lowest BCUT2D eigenvalue weighted by Gasteiger charge is -2.10. The number of hydrogen-bond donors (Lipinski definition) is 1. The smallest absolute Gasteiger partial charge is 0.147 e. The van der Waals surface area contributed by atoms with Crippen molar-refractivity contribution in [1.82, 2.24) is 24.7 Å². The van der Waals surface area contributed by atoms with E-state index in [9.17, 15) is 0 Å².